The van der Waals surface area contributed by atoms with Gasteiger partial charge in [0.1, 0.15) is 0 Å². The molecule has 1 atom stereocenters. The van der Waals surface area contributed by atoms with Crippen molar-refractivity contribution in [1.29, 1.82) is 0 Å². The maximum Gasteiger partial charge on any atom is 0.252 e. The minimum absolute atomic E-state index is 0.00622. The maximum atomic E-state index is 13.5. The van der Waals surface area contributed by atoms with Crippen molar-refractivity contribution in [2.24, 2.45) is 5.92 Å². The molecule has 5 heteroatoms. The van der Waals surface area contributed by atoms with E-state index < -0.39 is 11.8 Å². The summed E-state index contributed by atoms with van der Waals surface area (Å²) in [5, 5.41) is 0. The van der Waals surface area contributed by atoms with E-state index in [1.54, 1.807) is 10.8 Å². The highest BCUT2D eigenvalue weighted by Gasteiger charge is 2.41. The molecule has 1 aromatic heterocycles. The van der Waals surface area contributed by atoms with E-state index in [0.717, 1.165) is 6.42 Å². The number of nitrogen functional groups attached to an aromatic ring is 1. The molecule has 1 unspecified atom stereocenters. The van der Waals surface area contributed by atoms with E-state index in [9.17, 15) is 8.78 Å². The van der Waals surface area contributed by atoms with Crippen molar-refractivity contribution in [2.75, 3.05) is 5.73 Å². The topological polar surface area (TPSA) is 43.8 Å². The number of rotatable bonds is 2. The van der Waals surface area contributed by atoms with Gasteiger partial charge in [-0.05, 0) is 12.8 Å². The quantitative estimate of drug-likeness (QED) is 0.822. The van der Waals surface area contributed by atoms with Crippen LogP contribution < -0.4 is 5.73 Å². The Morgan fingerprint density at radius 3 is 2.93 bits per heavy atom. The van der Waals surface area contributed by atoms with E-state index in [1.807, 2.05) is 0 Å². The van der Waals surface area contributed by atoms with Crippen molar-refractivity contribution in [1.82, 2.24) is 9.55 Å². The molecule has 0 amide bonds. The molecule has 0 saturated heterocycles. The fraction of sp³-hybridized carbons (Fsp3) is 0.700. The van der Waals surface area contributed by atoms with Crippen LogP contribution in [0.1, 0.15) is 25.7 Å². The van der Waals surface area contributed by atoms with E-state index in [-0.39, 0.29) is 13.0 Å². The Hall–Kier alpha value is -1.13. The molecule has 0 spiro atoms. The summed E-state index contributed by atoms with van der Waals surface area (Å²) in [6.07, 6.45) is 5.28. The zero-order chi connectivity index (χ0) is 10.9. The number of hydrogen-bond donors (Lipinski definition) is 1. The number of nitrogens with zero attached hydrogens (tertiary/aromatic N) is 2. The van der Waals surface area contributed by atoms with Crippen LogP contribution in [-0.4, -0.2) is 15.5 Å². The van der Waals surface area contributed by atoms with Crippen LogP contribution in [-0.2, 0) is 6.54 Å². The average molecular weight is 215 g/mol. The van der Waals surface area contributed by atoms with Gasteiger partial charge in [-0.1, -0.05) is 6.42 Å². The summed E-state index contributed by atoms with van der Waals surface area (Å²) >= 11 is 0. The first-order valence-corrected chi connectivity index (χ1v) is 5.24. The summed E-state index contributed by atoms with van der Waals surface area (Å²) in [5.74, 6) is -2.83. The van der Waals surface area contributed by atoms with Gasteiger partial charge < -0.3 is 10.3 Å². The predicted molar refractivity (Wildman–Crippen MR) is 53.5 cm³/mol. The van der Waals surface area contributed by atoms with E-state index in [0.29, 0.717) is 18.8 Å². The van der Waals surface area contributed by atoms with E-state index >= 15 is 0 Å². The van der Waals surface area contributed by atoms with Gasteiger partial charge in [-0.3, -0.25) is 0 Å². The number of anilines is 1. The number of imidazole rings is 1. The SMILES string of the molecule is Nc1nccn1CC1CCCCC1(F)F. The zero-order valence-electron chi connectivity index (χ0n) is 8.50. The summed E-state index contributed by atoms with van der Waals surface area (Å²) in [7, 11) is 0. The Bertz CT molecular complexity index is 335. The van der Waals surface area contributed by atoms with Crippen molar-refractivity contribution < 1.29 is 8.78 Å². The standard InChI is InChI=1S/C10H15F2N3/c11-10(12)4-2-1-3-8(10)7-15-6-5-14-9(15)13/h5-6,8H,1-4,7H2,(H2,13,14). The van der Waals surface area contributed by atoms with Crippen molar-refractivity contribution in [3.63, 3.8) is 0 Å². The molecule has 1 heterocycles. The molecule has 0 aliphatic heterocycles. The summed E-state index contributed by atoms with van der Waals surface area (Å²) in [4.78, 5) is 3.83. The minimum Gasteiger partial charge on any atom is -0.369 e. The molecule has 0 aromatic carbocycles. The number of halogens is 2. The van der Waals surface area contributed by atoms with Crippen LogP contribution in [0.2, 0.25) is 0 Å². The van der Waals surface area contributed by atoms with Crippen LogP contribution in [0.15, 0.2) is 12.4 Å². The molecule has 84 valence electrons. The van der Waals surface area contributed by atoms with Gasteiger partial charge in [0.2, 0.25) is 0 Å². The summed E-state index contributed by atoms with van der Waals surface area (Å²) < 4.78 is 28.6. The van der Waals surface area contributed by atoms with Crippen molar-refractivity contribution >= 4 is 5.95 Å². The first kappa shape index (κ1) is 10.4. The minimum atomic E-state index is -2.55. The Labute approximate surface area is 87.3 Å². The molecule has 2 rings (SSSR count). The van der Waals surface area contributed by atoms with Gasteiger partial charge >= 0.3 is 0 Å². The highest BCUT2D eigenvalue weighted by Crippen LogP contribution is 2.39. The Balaban J connectivity index is 2.07. The molecule has 1 aromatic rings. The molecule has 1 saturated carbocycles. The second-order valence-electron chi connectivity index (χ2n) is 4.14. The first-order chi connectivity index (χ1) is 7.09. The van der Waals surface area contributed by atoms with Crippen LogP contribution in [0.4, 0.5) is 14.7 Å². The number of hydrogen-bond acceptors (Lipinski definition) is 2. The lowest BCUT2D eigenvalue weighted by Gasteiger charge is -2.31. The maximum absolute atomic E-state index is 13.5. The number of nitrogens with two attached hydrogens (primary N) is 1. The fourth-order valence-corrected chi connectivity index (χ4v) is 2.12. The van der Waals surface area contributed by atoms with Crippen molar-refractivity contribution in [2.45, 2.75) is 38.2 Å². The third kappa shape index (κ3) is 2.11. The van der Waals surface area contributed by atoms with E-state index in [4.69, 9.17) is 5.73 Å². The van der Waals surface area contributed by atoms with Gasteiger partial charge in [0, 0.05) is 31.3 Å². The van der Waals surface area contributed by atoms with Crippen LogP contribution in [0, 0.1) is 5.92 Å². The molecular formula is C10H15F2N3. The monoisotopic (exact) mass is 215 g/mol. The largest absolute Gasteiger partial charge is 0.369 e. The van der Waals surface area contributed by atoms with Crippen LogP contribution in [0.3, 0.4) is 0 Å². The summed E-state index contributed by atoms with van der Waals surface area (Å²) in [6.45, 7) is 0.277. The summed E-state index contributed by atoms with van der Waals surface area (Å²) in [6, 6.07) is 0. The highest BCUT2D eigenvalue weighted by atomic mass is 19.3. The lowest BCUT2D eigenvalue weighted by atomic mass is 9.85. The lowest BCUT2D eigenvalue weighted by molar-refractivity contribution is -0.0907. The molecule has 15 heavy (non-hydrogen) atoms. The molecule has 2 N–H and O–H groups in total. The van der Waals surface area contributed by atoms with Crippen LogP contribution in [0.5, 0.6) is 0 Å². The molecule has 3 nitrogen and oxygen atoms in total. The number of alkyl halides is 2. The Kier molecular flexibility index (Phi) is 2.63. The van der Waals surface area contributed by atoms with Gasteiger partial charge in [-0.15, -0.1) is 0 Å². The molecule has 1 aliphatic rings. The lowest BCUT2D eigenvalue weighted by Crippen LogP contribution is -2.34. The Morgan fingerprint density at radius 2 is 2.33 bits per heavy atom. The van der Waals surface area contributed by atoms with Crippen LogP contribution in [0.25, 0.3) is 0 Å². The Morgan fingerprint density at radius 1 is 1.53 bits per heavy atom. The van der Waals surface area contributed by atoms with Gasteiger partial charge in [0.25, 0.3) is 5.92 Å². The second-order valence-corrected chi connectivity index (χ2v) is 4.14. The molecular weight excluding hydrogens is 200 g/mol. The van der Waals surface area contributed by atoms with Gasteiger partial charge in [-0.2, -0.15) is 0 Å². The number of aromatic nitrogens is 2. The van der Waals surface area contributed by atoms with Gasteiger partial charge in [0.15, 0.2) is 5.95 Å². The fourth-order valence-electron chi connectivity index (χ4n) is 2.12. The highest BCUT2D eigenvalue weighted by molar-refractivity contribution is 5.16. The zero-order valence-corrected chi connectivity index (χ0v) is 8.50. The molecule has 1 fully saturated rings. The third-order valence-electron chi connectivity index (χ3n) is 3.07. The second kappa shape index (κ2) is 3.79. The third-order valence-corrected chi connectivity index (χ3v) is 3.07. The van der Waals surface area contributed by atoms with Crippen molar-refractivity contribution in [3.8, 4) is 0 Å². The first-order valence-electron chi connectivity index (χ1n) is 5.24. The smallest absolute Gasteiger partial charge is 0.252 e. The molecule has 0 radical (unpaired) electrons. The van der Waals surface area contributed by atoms with E-state index in [1.165, 1.54) is 6.20 Å². The normalized spacial score (nSPS) is 25.3. The molecule has 0 bridgehead atoms. The van der Waals surface area contributed by atoms with Gasteiger partial charge in [0.05, 0.1) is 0 Å². The summed E-state index contributed by atoms with van der Waals surface area (Å²) in [5.41, 5.74) is 5.55. The molecule has 1 aliphatic carbocycles. The predicted octanol–water partition coefficient (Wildman–Crippen LogP) is 2.29. The van der Waals surface area contributed by atoms with Crippen molar-refractivity contribution in [3.05, 3.63) is 12.4 Å². The van der Waals surface area contributed by atoms with Crippen LogP contribution >= 0.6 is 0 Å². The van der Waals surface area contributed by atoms with E-state index in [2.05, 4.69) is 4.98 Å². The van der Waals surface area contributed by atoms with Gasteiger partial charge in [-0.25, -0.2) is 13.8 Å². The average Bonchev–Trinajstić information content (AvgIpc) is 2.56.